The molecule has 1 aliphatic rings. The Hall–Kier alpha value is -1.29. The standard InChI is InChI=1S/C13H18FNO2/c1-12(2)7-13(12,15)10-9(16-3)6-5-8(14)11(10)17-4/h5-6H,7,15H2,1-4H3. The third-order valence-corrected chi connectivity index (χ3v) is 3.75. The average Bonchev–Trinajstić information content (AvgIpc) is 2.78. The molecule has 1 atom stereocenters. The van der Waals surface area contributed by atoms with E-state index < -0.39 is 11.4 Å². The SMILES string of the molecule is COc1ccc(F)c(OC)c1C1(N)CC1(C)C. The monoisotopic (exact) mass is 239 g/mol. The molecule has 0 aromatic heterocycles. The van der Waals surface area contributed by atoms with Gasteiger partial charge < -0.3 is 15.2 Å². The largest absolute Gasteiger partial charge is 0.496 e. The lowest BCUT2D eigenvalue weighted by Gasteiger charge is -2.21. The van der Waals surface area contributed by atoms with E-state index >= 15 is 0 Å². The summed E-state index contributed by atoms with van der Waals surface area (Å²) >= 11 is 0. The van der Waals surface area contributed by atoms with Gasteiger partial charge in [0.15, 0.2) is 11.6 Å². The van der Waals surface area contributed by atoms with Crippen LogP contribution in [-0.4, -0.2) is 14.2 Å². The molecule has 1 aromatic rings. The molecule has 1 aromatic carbocycles. The molecule has 1 fully saturated rings. The van der Waals surface area contributed by atoms with Crippen LogP contribution >= 0.6 is 0 Å². The Labute approximate surface area is 101 Å². The molecule has 2 rings (SSSR count). The Balaban J connectivity index is 2.63. The van der Waals surface area contributed by atoms with Crippen LogP contribution in [0.3, 0.4) is 0 Å². The number of ether oxygens (including phenoxy) is 2. The van der Waals surface area contributed by atoms with E-state index in [1.807, 2.05) is 0 Å². The molecule has 1 aliphatic carbocycles. The predicted molar refractivity (Wildman–Crippen MR) is 63.8 cm³/mol. The predicted octanol–water partition coefficient (Wildman–Crippen LogP) is 2.43. The molecule has 17 heavy (non-hydrogen) atoms. The van der Waals surface area contributed by atoms with E-state index in [4.69, 9.17) is 15.2 Å². The first kappa shape index (κ1) is 12.2. The molecular weight excluding hydrogens is 221 g/mol. The highest BCUT2D eigenvalue weighted by molar-refractivity contribution is 5.54. The lowest BCUT2D eigenvalue weighted by molar-refractivity contribution is 0.349. The van der Waals surface area contributed by atoms with Crippen LogP contribution in [-0.2, 0) is 5.54 Å². The number of benzene rings is 1. The maximum Gasteiger partial charge on any atom is 0.165 e. The molecule has 1 unspecified atom stereocenters. The van der Waals surface area contributed by atoms with E-state index in [-0.39, 0.29) is 11.2 Å². The third kappa shape index (κ3) is 1.59. The van der Waals surface area contributed by atoms with E-state index in [0.717, 1.165) is 6.42 Å². The molecule has 0 radical (unpaired) electrons. The Bertz CT molecular complexity index is 459. The van der Waals surface area contributed by atoms with Gasteiger partial charge in [0.05, 0.1) is 25.3 Å². The lowest BCUT2D eigenvalue weighted by atomic mass is 9.95. The number of hydrogen-bond acceptors (Lipinski definition) is 3. The van der Waals surface area contributed by atoms with Crippen molar-refractivity contribution in [2.24, 2.45) is 11.1 Å². The summed E-state index contributed by atoms with van der Waals surface area (Å²) in [4.78, 5) is 0. The molecule has 94 valence electrons. The van der Waals surface area contributed by atoms with Gasteiger partial charge in [0.25, 0.3) is 0 Å². The highest BCUT2D eigenvalue weighted by Gasteiger charge is 2.62. The summed E-state index contributed by atoms with van der Waals surface area (Å²) in [6.07, 6.45) is 0.788. The van der Waals surface area contributed by atoms with E-state index in [0.29, 0.717) is 11.3 Å². The van der Waals surface area contributed by atoms with Crippen LogP contribution in [0.1, 0.15) is 25.8 Å². The first-order valence-corrected chi connectivity index (χ1v) is 5.57. The van der Waals surface area contributed by atoms with Crippen molar-refractivity contribution >= 4 is 0 Å². The van der Waals surface area contributed by atoms with Gasteiger partial charge in [-0.25, -0.2) is 4.39 Å². The van der Waals surface area contributed by atoms with Crippen LogP contribution in [0, 0.1) is 11.2 Å². The molecule has 2 N–H and O–H groups in total. The van der Waals surface area contributed by atoms with Gasteiger partial charge in [-0.2, -0.15) is 0 Å². The number of hydrogen-bond donors (Lipinski definition) is 1. The van der Waals surface area contributed by atoms with Crippen molar-refractivity contribution in [1.82, 2.24) is 0 Å². The highest BCUT2D eigenvalue weighted by Crippen LogP contribution is 2.64. The highest BCUT2D eigenvalue weighted by atomic mass is 19.1. The fourth-order valence-electron chi connectivity index (χ4n) is 2.41. The van der Waals surface area contributed by atoms with Crippen LogP contribution in [0.25, 0.3) is 0 Å². The van der Waals surface area contributed by atoms with Crippen LogP contribution in [0.2, 0.25) is 0 Å². The van der Waals surface area contributed by atoms with Crippen LogP contribution < -0.4 is 15.2 Å². The van der Waals surface area contributed by atoms with Crippen molar-refractivity contribution < 1.29 is 13.9 Å². The second-order valence-corrected chi connectivity index (χ2v) is 5.19. The maximum atomic E-state index is 13.7. The lowest BCUT2D eigenvalue weighted by Crippen LogP contribution is -2.27. The molecule has 3 nitrogen and oxygen atoms in total. The van der Waals surface area contributed by atoms with Crippen LogP contribution in [0.15, 0.2) is 12.1 Å². The van der Waals surface area contributed by atoms with Crippen molar-refractivity contribution in [2.45, 2.75) is 25.8 Å². The molecule has 0 bridgehead atoms. The Kier molecular flexibility index (Phi) is 2.58. The first-order valence-electron chi connectivity index (χ1n) is 5.57. The number of rotatable bonds is 3. The van der Waals surface area contributed by atoms with Crippen molar-refractivity contribution in [1.29, 1.82) is 0 Å². The molecule has 0 aliphatic heterocycles. The third-order valence-electron chi connectivity index (χ3n) is 3.75. The molecular formula is C13H18FNO2. The summed E-state index contributed by atoms with van der Waals surface area (Å²) in [5.74, 6) is 0.365. The zero-order chi connectivity index (χ0) is 12.8. The number of methoxy groups -OCH3 is 2. The van der Waals surface area contributed by atoms with Crippen molar-refractivity contribution in [2.75, 3.05) is 14.2 Å². The minimum absolute atomic E-state index is 0.0681. The van der Waals surface area contributed by atoms with E-state index in [1.165, 1.54) is 13.2 Å². The Morgan fingerprint density at radius 3 is 2.24 bits per heavy atom. The van der Waals surface area contributed by atoms with Gasteiger partial charge in [0.2, 0.25) is 0 Å². The van der Waals surface area contributed by atoms with E-state index in [2.05, 4.69) is 13.8 Å². The summed E-state index contributed by atoms with van der Waals surface area (Å²) in [7, 11) is 3.00. The second kappa shape index (κ2) is 3.60. The van der Waals surface area contributed by atoms with Crippen molar-refractivity contribution in [3.05, 3.63) is 23.5 Å². The van der Waals surface area contributed by atoms with Gasteiger partial charge >= 0.3 is 0 Å². The summed E-state index contributed by atoms with van der Waals surface area (Å²) < 4.78 is 24.2. The Morgan fingerprint density at radius 2 is 1.82 bits per heavy atom. The van der Waals surface area contributed by atoms with Crippen LogP contribution in [0.4, 0.5) is 4.39 Å². The summed E-state index contributed by atoms with van der Waals surface area (Å²) in [5, 5.41) is 0. The van der Waals surface area contributed by atoms with Gasteiger partial charge in [0, 0.05) is 0 Å². The molecule has 4 heteroatoms. The minimum atomic E-state index is -0.578. The molecule has 0 amide bonds. The summed E-state index contributed by atoms with van der Waals surface area (Å²) in [6, 6.07) is 2.93. The zero-order valence-electron chi connectivity index (χ0n) is 10.6. The summed E-state index contributed by atoms with van der Waals surface area (Å²) in [6.45, 7) is 4.10. The van der Waals surface area contributed by atoms with Gasteiger partial charge in [-0.3, -0.25) is 0 Å². The second-order valence-electron chi connectivity index (χ2n) is 5.19. The topological polar surface area (TPSA) is 44.5 Å². The minimum Gasteiger partial charge on any atom is -0.496 e. The fourth-order valence-corrected chi connectivity index (χ4v) is 2.41. The maximum absolute atomic E-state index is 13.7. The quantitative estimate of drug-likeness (QED) is 0.881. The van der Waals surface area contributed by atoms with Crippen molar-refractivity contribution in [3.8, 4) is 11.5 Å². The normalized spacial score (nSPS) is 25.5. The zero-order valence-corrected chi connectivity index (χ0v) is 10.6. The average molecular weight is 239 g/mol. The molecule has 1 saturated carbocycles. The van der Waals surface area contributed by atoms with E-state index in [9.17, 15) is 4.39 Å². The van der Waals surface area contributed by atoms with E-state index in [1.54, 1.807) is 13.2 Å². The molecule has 0 spiro atoms. The molecule has 0 heterocycles. The van der Waals surface area contributed by atoms with Gasteiger partial charge in [-0.1, -0.05) is 13.8 Å². The van der Waals surface area contributed by atoms with Crippen molar-refractivity contribution in [3.63, 3.8) is 0 Å². The summed E-state index contributed by atoms with van der Waals surface area (Å²) in [5.41, 5.74) is 6.33. The molecule has 0 saturated heterocycles. The van der Waals surface area contributed by atoms with Gasteiger partial charge in [-0.15, -0.1) is 0 Å². The smallest absolute Gasteiger partial charge is 0.165 e. The van der Waals surface area contributed by atoms with Crippen LogP contribution in [0.5, 0.6) is 11.5 Å². The first-order chi connectivity index (χ1) is 7.87. The fraction of sp³-hybridized carbons (Fsp3) is 0.538. The number of halogens is 1. The number of nitrogens with two attached hydrogens (primary N) is 1. The van der Waals surface area contributed by atoms with Gasteiger partial charge in [-0.05, 0) is 24.0 Å². The van der Waals surface area contributed by atoms with Gasteiger partial charge in [0.1, 0.15) is 5.75 Å². The Morgan fingerprint density at radius 1 is 1.24 bits per heavy atom.